The Kier molecular flexibility index (Phi) is 3.07. The molecule has 0 spiro atoms. The first-order chi connectivity index (χ1) is 12.4. The van der Waals surface area contributed by atoms with Crippen molar-refractivity contribution in [2.45, 2.75) is 29.6 Å². The first kappa shape index (κ1) is 12.0. The fourth-order valence-corrected chi connectivity index (χ4v) is 4.08. The molecule has 2 aromatic heterocycles. The molecule has 2 atom stereocenters. The van der Waals surface area contributed by atoms with Gasteiger partial charge in [0.25, 0.3) is 0 Å². The zero-order valence-corrected chi connectivity index (χ0v) is 13.8. The van der Waals surface area contributed by atoms with Crippen molar-refractivity contribution in [3.05, 3.63) is 18.5 Å². The van der Waals surface area contributed by atoms with Gasteiger partial charge in [-0.25, -0.2) is 9.97 Å². The van der Waals surface area contributed by atoms with E-state index in [9.17, 15) is 0 Å². The van der Waals surface area contributed by atoms with Gasteiger partial charge in [-0.2, -0.15) is 0 Å². The second-order valence-electron chi connectivity index (χ2n) is 6.26. The molecule has 2 saturated heterocycles. The van der Waals surface area contributed by atoms with Gasteiger partial charge in [0.2, 0.25) is 0 Å². The number of methoxy groups -OCH3 is 1. The van der Waals surface area contributed by atoms with E-state index in [2.05, 4.69) is 20.2 Å². The Balaban J connectivity index is 1.67. The summed E-state index contributed by atoms with van der Waals surface area (Å²) in [6, 6.07) is 2.19. The molecule has 0 unspecified atom stereocenters. The quantitative estimate of drug-likeness (QED) is 0.674. The zero-order chi connectivity index (χ0) is 18.4. The van der Waals surface area contributed by atoms with Crippen LogP contribution in [0.5, 0.6) is 0 Å². The molecule has 23 heavy (non-hydrogen) atoms. The maximum Gasteiger partial charge on any atom is 0.189 e. The maximum atomic E-state index is 7.34. The molecule has 4 heterocycles. The minimum absolute atomic E-state index is 0.160. The van der Waals surface area contributed by atoms with Gasteiger partial charge >= 0.3 is 0 Å². The van der Waals surface area contributed by atoms with Gasteiger partial charge in [0.05, 0.1) is 27.2 Å². The van der Waals surface area contributed by atoms with Crippen molar-refractivity contribution in [3.63, 3.8) is 0 Å². The molecule has 0 aliphatic carbocycles. The van der Waals surface area contributed by atoms with Crippen LogP contribution in [-0.2, 0) is 4.74 Å². The highest BCUT2D eigenvalue weighted by Crippen LogP contribution is 2.34. The number of fused-ring (bicyclic) bond motifs is 3. The van der Waals surface area contributed by atoms with E-state index >= 15 is 0 Å². The lowest BCUT2D eigenvalue weighted by molar-refractivity contribution is 0.114. The standard InChI is InChI=1S/C16H21N5OS/c1-22-10-16-5-3-11(20-16)8-21(9-16)14-12-7-17-6-4-13(12)18-15(19-14)23-2/h4,6-7,11,20H,3,5,8-10H2,1-2H3/t11-,16+/m1/s1/i1D3. The number of piperazine rings is 1. The monoisotopic (exact) mass is 334 g/mol. The van der Waals surface area contributed by atoms with Gasteiger partial charge in [-0.05, 0) is 25.2 Å². The van der Waals surface area contributed by atoms with Gasteiger partial charge < -0.3 is 15.0 Å². The number of thioether (sulfide) groups is 1. The number of hydrogen-bond acceptors (Lipinski definition) is 7. The van der Waals surface area contributed by atoms with Crippen LogP contribution in [0.2, 0.25) is 0 Å². The Morgan fingerprint density at radius 2 is 2.52 bits per heavy atom. The molecule has 1 N–H and O–H groups in total. The van der Waals surface area contributed by atoms with Gasteiger partial charge in [-0.1, -0.05) is 11.8 Å². The number of anilines is 1. The average Bonchev–Trinajstić information content (AvgIpc) is 2.93. The summed E-state index contributed by atoms with van der Waals surface area (Å²) in [7, 11) is -2.38. The molecule has 0 radical (unpaired) electrons. The highest BCUT2D eigenvalue weighted by molar-refractivity contribution is 7.98. The van der Waals surface area contributed by atoms with E-state index in [0.717, 1.165) is 41.3 Å². The number of aromatic nitrogens is 3. The lowest BCUT2D eigenvalue weighted by Gasteiger charge is -2.41. The van der Waals surface area contributed by atoms with Crippen molar-refractivity contribution in [1.29, 1.82) is 0 Å². The van der Waals surface area contributed by atoms with Crippen LogP contribution in [0.15, 0.2) is 23.6 Å². The van der Waals surface area contributed by atoms with Gasteiger partial charge in [0, 0.05) is 38.6 Å². The van der Waals surface area contributed by atoms with Gasteiger partial charge in [-0.3, -0.25) is 4.98 Å². The molecule has 2 aliphatic rings. The highest BCUT2D eigenvalue weighted by Gasteiger charge is 2.45. The summed E-state index contributed by atoms with van der Waals surface area (Å²) in [6.45, 7) is 1.63. The van der Waals surface area contributed by atoms with Crippen LogP contribution < -0.4 is 10.2 Å². The van der Waals surface area contributed by atoms with Crippen LogP contribution in [0, 0.1) is 0 Å². The summed E-state index contributed by atoms with van der Waals surface area (Å²) < 4.78 is 27.2. The molecular formula is C16H21N5OS. The molecule has 6 nitrogen and oxygen atoms in total. The summed E-state index contributed by atoms with van der Waals surface area (Å²) in [6.07, 6.45) is 7.37. The van der Waals surface area contributed by atoms with Crippen LogP contribution in [0.25, 0.3) is 10.9 Å². The Morgan fingerprint density at radius 1 is 1.57 bits per heavy atom. The normalized spacial score (nSPS) is 29.3. The van der Waals surface area contributed by atoms with Gasteiger partial charge in [-0.15, -0.1) is 0 Å². The third-order valence-corrected chi connectivity index (χ3v) is 5.25. The number of rotatable bonds is 4. The summed E-state index contributed by atoms with van der Waals surface area (Å²) in [5.41, 5.74) is 0.504. The van der Waals surface area contributed by atoms with E-state index in [-0.39, 0.29) is 12.1 Å². The number of nitrogens with zero attached hydrogens (tertiary/aromatic N) is 4. The molecule has 2 aromatic rings. The SMILES string of the molecule is [2H]C([2H])([2H])OC[C@]12CC[C@H](CN(c3nc(SC)nc4ccncc34)C1)N2. The Hall–Kier alpha value is -1.44. The lowest BCUT2D eigenvalue weighted by Crippen LogP contribution is -2.61. The largest absolute Gasteiger partial charge is 0.383 e. The Morgan fingerprint density at radius 3 is 3.39 bits per heavy atom. The molecule has 0 saturated carbocycles. The predicted octanol–water partition coefficient (Wildman–Crippen LogP) is 1.70. The fourth-order valence-electron chi connectivity index (χ4n) is 3.71. The first-order valence-electron chi connectivity index (χ1n) is 9.20. The van der Waals surface area contributed by atoms with Crippen LogP contribution in [0.1, 0.15) is 17.0 Å². The van der Waals surface area contributed by atoms with Gasteiger partial charge in [0.1, 0.15) is 5.82 Å². The minimum atomic E-state index is -2.38. The highest BCUT2D eigenvalue weighted by atomic mass is 32.2. The van der Waals surface area contributed by atoms with E-state index in [1.165, 1.54) is 11.8 Å². The zero-order valence-electron chi connectivity index (χ0n) is 16.0. The van der Waals surface area contributed by atoms with Crippen LogP contribution in [0.3, 0.4) is 0 Å². The third kappa shape index (κ3) is 2.66. The van der Waals surface area contributed by atoms with Crippen LogP contribution >= 0.6 is 11.8 Å². The van der Waals surface area contributed by atoms with Crippen LogP contribution in [0.4, 0.5) is 5.82 Å². The molecule has 4 rings (SSSR count). The van der Waals surface area contributed by atoms with Crippen molar-refractivity contribution < 1.29 is 8.85 Å². The molecule has 2 aliphatic heterocycles. The molecule has 2 fully saturated rings. The smallest absolute Gasteiger partial charge is 0.189 e. The Bertz CT molecular complexity index is 820. The second kappa shape index (κ2) is 5.89. The number of hydrogen-bond donors (Lipinski definition) is 1. The number of nitrogens with one attached hydrogen (secondary N) is 1. The molecule has 0 aromatic carbocycles. The number of ether oxygens (including phenoxy) is 1. The fraction of sp³-hybridized carbons (Fsp3) is 0.562. The van der Waals surface area contributed by atoms with Gasteiger partial charge in [0.15, 0.2) is 5.16 Å². The van der Waals surface area contributed by atoms with E-state index in [0.29, 0.717) is 12.6 Å². The summed E-state index contributed by atoms with van der Waals surface area (Å²) in [5.74, 6) is 0.860. The Labute approximate surface area is 144 Å². The molecule has 2 bridgehead atoms. The van der Waals surface area contributed by atoms with E-state index in [4.69, 9.17) is 13.8 Å². The first-order valence-corrected chi connectivity index (χ1v) is 8.92. The molecule has 122 valence electrons. The van der Waals surface area contributed by atoms with E-state index in [1.54, 1.807) is 12.4 Å². The summed E-state index contributed by atoms with van der Waals surface area (Å²) >= 11 is 1.51. The second-order valence-corrected chi connectivity index (χ2v) is 7.03. The summed E-state index contributed by atoms with van der Waals surface area (Å²) in [5, 5.41) is 5.21. The molecule has 7 heteroatoms. The molecular weight excluding hydrogens is 310 g/mol. The van der Waals surface area contributed by atoms with Crippen molar-refractivity contribution in [3.8, 4) is 0 Å². The lowest BCUT2D eigenvalue weighted by atomic mass is 9.98. The van der Waals surface area contributed by atoms with Crippen molar-refractivity contribution in [2.75, 3.05) is 37.9 Å². The topological polar surface area (TPSA) is 63.2 Å². The third-order valence-electron chi connectivity index (χ3n) is 4.70. The molecule has 0 amide bonds. The number of pyridine rings is 1. The predicted molar refractivity (Wildman–Crippen MR) is 92.1 cm³/mol. The van der Waals surface area contributed by atoms with Crippen molar-refractivity contribution in [1.82, 2.24) is 20.3 Å². The van der Waals surface area contributed by atoms with Crippen LogP contribution in [-0.4, -0.2) is 59.5 Å². The van der Waals surface area contributed by atoms with E-state index in [1.807, 2.05) is 12.3 Å². The minimum Gasteiger partial charge on any atom is -0.383 e. The van der Waals surface area contributed by atoms with Crippen molar-refractivity contribution in [2.24, 2.45) is 0 Å². The average molecular weight is 334 g/mol. The maximum absolute atomic E-state index is 7.34. The van der Waals surface area contributed by atoms with E-state index < -0.39 is 7.04 Å². The van der Waals surface area contributed by atoms with Crippen molar-refractivity contribution >= 4 is 28.5 Å². The summed E-state index contributed by atoms with van der Waals surface area (Å²) in [4.78, 5) is 15.8.